The Bertz CT molecular complexity index is 757. The predicted octanol–water partition coefficient (Wildman–Crippen LogP) is 1.06. The number of amides is 2. The summed E-state index contributed by atoms with van der Waals surface area (Å²) in [7, 11) is -3.06. The van der Waals surface area contributed by atoms with E-state index in [0.717, 1.165) is 25.7 Å². The molecule has 0 aromatic carbocycles. The second-order valence-corrected chi connectivity index (χ2v) is 9.04. The lowest BCUT2D eigenvalue weighted by Gasteiger charge is -2.22. The lowest BCUT2D eigenvalue weighted by molar-refractivity contribution is 0.0927. The van der Waals surface area contributed by atoms with Gasteiger partial charge in [-0.25, -0.2) is 8.42 Å². The van der Waals surface area contributed by atoms with E-state index in [9.17, 15) is 18.0 Å². The zero-order valence-corrected chi connectivity index (χ0v) is 14.8. The van der Waals surface area contributed by atoms with Gasteiger partial charge in [0.1, 0.15) is 5.69 Å². The standard InChI is InChI=1S/C17H23N3O4S/c21-16(19-13-4-2-1-3-5-13)12-6-8-18-15(10-12)17(22)20-14-7-9-25(23,24)11-14/h6,8,10,13-14H,1-5,7,9,11H2,(H,19,21)(H,20,22). The molecule has 1 saturated heterocycles. The highest BCUT2D eigenvalue weighted by molar-refractivity contribution is 7.91. The Morgan fingerprint density at radius 3 is 2.40 bits per heavy atom. The van der Waals surface area contributed by atoms with Crippen molar-refractivity contribution in [2.75, 3.05) is 11.5 Å². The fraction of sp³-hybridized carbons (Fsp3) is 0.588. The Balaban J connectivity index is 1.62. The summed E-state index contributed by atoms with van der Waals surface area (Å²) in [5.41, 5.74) is 0.519. The highest BCUT2D eigenvalue weighted by atomic mass is 32.2. The van der Waals surface area contributed by atoms with E-state index >= 15 is 0 Å². The fourth-order valence-electron chi connectivity index (χ4n) is 3.38. The largest absolute Gasteiger partial charge is 0.349 e. The Morgan fingerprint density at radius 2 is 1.72 bits per heavy atom. The predicted molar refractivity (Wildman–Crippen MR) is 93.1 cm³/mol. The fourth-order valence-corrected chi connectivity index (χ4v) is 5.05. The molecule has 8 heteroatoms. The maximum atomic E-state index is 12.4. The topological polar surface area (TPSA) is 105 Å². The van der Waals surface area contributed by atoms with Gasteiger partial charge in [-0.2, -0.15) is 0 Å². The van der Waals surface area contributed by atoms with Gasteiger partial charge in [0.2, 0.25) is 0 Å². The smallest absolute Gasteiger partial charge is 0.270 e. The van der Waals surface area contributed by atoms with Crippen molar-refractivity contribution in [3.8, 4) is 0 Å². The second kappa shape index (κ2) is 7.51. The molecular formula is C17H23N3O4S. The molecule has 25 heavy (non-hydrogen) atoms. The Labute approximate surface area is 147 Å². The molecular weight excluding hydrogens is 342 g/mol. The molecule has 1 saturated carbocycles. The molecule has 2 amide bonds. The summed E-state index contributed by atoms with van der Waals surface area (Å²) in [6, 6.07) is 2.83. The monoisotopic (exact) mass is 365 g/mol. The van der Waals surface area contributed by atoms with Gasteiger partial charge in [-0.3, -0.25) is 14.6 Å². The van der Waals surface area contributed by atoms with Crippen LogP contribution in [0.15, 0.2) is 18.3 Å². The van der Waals surface area contributed by atoms with Crippen LogP contribution >= 0.6 is 0 Å². The average molecular weight is 365 g/mol. The molecule has 7 nitrogen and oxygen atoms in total. The maximum absolute atomic E-state index is 12.4. The number of sulfone groups is 1. The molecule has 0 radical (unpaired) electrons. The van der Waals surface area contributed by atoms with Crippen molar-refractivity contribution in [3.05, 3.63) is 29.6 Å². The average Bonchev–Trinajstić information content (AvgIpc) is 2.94. The Hall–Kier alpha value is -1.96. The molecule has 1 atom stereocenters. The quantitative estimate of drug-likeness (QED) is 0.830. The molecule has 0 spiro atoms. The number of nitrogens with zero attached hydrogens (tertiary/aromatic N) is 1. The van der Waals surface area contributed by atoms with Gasteiger partial charge in [0.15, 0.2) is 9.84 Å². The summed E-state index contributed by atoms with van der Waals surface area (Å²) in [6.45, 7) is 0. The first-order valence-corrected chi connectivity index (χ1v) is 10.5. The first-order chi connectivity index (χ1) is 11.9. The second-order valence-electron chi connectivity index (χ2n) is 6.81. The molecule has 2 N–H and O–H groups in total. The third-order valence-corrected chi connectivity index (χ3v) is 6.53. The van der Waals surface area contributed by atoms with Gasteiger partial charge in [0.25, 0.3) is 11.8 Å². The highest BCUT2D eigenvalue weighted by Gasteiger charge is 2.29. The van der Waals surface area contributed by atoms with Crippen molar-refractivity contribution >= 4 is 21.7 Å². The number of hydrogen-bond donors (Lipinski definition) is 2. The SMILES string of the molecule is O=C(NC1CCCCC1)c1ccnc(C(=O)NC2CCS(=O)(=O)C2)c1. The maximum Gasteiger partial charge on any atom is 0.270 e. The minimum Gasteiger partial charge on any atom is -0.349 e. The van der Waals surface area contributed by atoms with Crippen LogP contribution in [0.25, 0.3) is 0 Å². The zero-order chi connectivity index (χ0) is 17.9. The van der Waals surface area contributed by atoms with Crippen LogP contribution in [0.5, 0.6) is 0 Å². The first-order valence-electron chi connectivity index (χ1n) is 8.71. The van der Waals surface area contributed by atoms with Crippen LogP contribution in [0, 0.1) is 0 Å². The normalized spacial score (nSPS) is 23.1. The Morgan fingerprint density at radius 1 is 1.00 bits per heavy atom. The number of pyridine rings is 1. The van der Waals surface area contributed by atoms with Crippen LogP contribution in [-0.4, -0.2) is 48.8 Å². The number of carbonyl (C=O) groups is 2. The van der Waals surface area contributed by atoms with Crippen LogP contribution in [-0.2, 0) is 9.84 Å². The van der Waals surface area contributed by atoms with Crippen LogP contribution in [0.1, 0.15) is 59.4 Å². The lowest BCUT2D eigenvalue weighted by Crippen LogP contribution is -2.37. The van der Waals surface area contributed by atoms with E-state index in [2.05, 4.69) is 15.6 Å². The molecule has 1 aliphatic carbocycles. The summed E-state index contributed by atoms with van der Waals surface area (Å²) in [4.78, 5) is 28.6. The lowest BCUT2D eigenvalue weighted by atomic mass is 9.95. The third-order valence-electron chi connectivity index (χ3n) is 4.76. The van der Waals surface area contributed by atoms with E-state index in [1.807, 2.05) is 0 Å². The third kappa shape index (κ3) is 4.78. The van der Waals surface area contributed by atoms with Gasteiger partial charge in [-0.05, 0) is 31.4 Å². The first kappa shape index (κ1) is 17.8. The van der Waals surface area contributed by atoms with Crippen molar-refractivity contribution in [3.63, 3.8) is 0 Å². The van der Waals surface area contributed by atoms with Crippen molar-refractivity contribution < 1.29 is 18.0 Å². The van der Waals surface area contributed by atoms with Crippen LogP contribution in [0.4, 0.5) is 0 Å². The van der Waals surface area contributed by atoms with E-state index in [0.29, 0.717) is 12.0 Å². The molecule has 1 unspecified atom stereocenters. The van der Waals surface area contributed by atoms with Gasteiger partial charge in [0, 0.05) is 23.8 Å². The molecule has 2 aliphatic rings. The van der Waals surface area contributed by atoms with Crippen molar-refractivity contribution in [2.45, 2.75) is 50.6 Å². The van der Waals surface area contributed by atoms with E-state index in [1.165, 1.54) is 18.7 Å². The van der Waals surface area contributed by atoms with Crippen LogP contribution in [0.2, 0.25) is 0 Å². The van der Waals surface area contributed by atoms with E-state index in [-0.39, 0.29) is 35.2 Å². The molecule has 136 valence electrons. The molecule has 0 bridgehead atoms. The minimum atomic E-state index is -3.06. The van der Waals surface area contributed by atoms with Gasteiger partial charge in [-0.15, -0.1) is 0 Å². The van der Waals surface area contributed by atoms with Gasteiger partial charge in [-0.1, -0.05) is 19.3 Å². The van der Waals surface area contributed by atoms with Gasteiger partial charge < -0.3 is 10.6 Å². The number of nitrogens with one attached hydrogen (secondary N) is 2. The molecule has 1 aliphatic heterocycles. The summed E-state index contributed by atoms with van der Waals surface area (Å²) in [6.07, 6.45) is 7.27. The summed E-state index contributed by atoms with van der Waals surface area (Å²) < 4.78 is 22.9. The van der Waals surface area contributed by atoms with Gasteiger partial charge in [0.05, 0.1) is 11.5 Å². The van der Waals surface area contributed by atoms with E-state index in [4.69, 9.17) is 0 Å². The number of hydrogen-bond acceptors (Lipinski definition) is 5. The van der Waals surface area contributed by atoms with E-state index < -0.39 is 15.7 Å². The minimum absolute atomic E-state index is 0.0411. The Kier molecular flexibility index (Phi) is 5.36. The van der Waals surface area contributed by atoms with Crippen LogP contribution < -0.4 is 10.6 Å². The van der Waals surface area contributed by atoms with E-state index in [1.54, 1.807) is 6.07 Å². The van der Waals surface area contributed by atoms with Crippen molar-refractivity contribution in [2.24, 2.45) is 0 Å². The number of carbonyl (C=O) groups excluding carboxylic acids is 2. The molecule has 2 heterocycles. The highest BCUT2D eigenvalue weighted by Crippen LogP contribution is 2.18. The summed E-state index contributed by atoms with van der Waals surface area (Å²) in [5, 5.41) is 5.69. The van der Waals surface area contributed by atoms with Crippen LogP contribution in [0.3, 0.4) is 0 Å². The molecule has 1 aromatic rings. The van der Waals surface area contributed by atoms with Crippen molar-refractivity contribution in [1.82, 2.24) is 15.6 Å². The summed E-state index contributed by atoms with van der Waals surface area (Å²) >= 11 is 0. The zero-order valence-electron chi connectivity index (χ0n) is 14.0. The number of aromatic nitrogens is 1. The van der Waals surface area contributed by atoms with Crippen molar-refractivity contribution in [1.29, 1.82) is 0 Å². The summed E-state index contributed by atoms with van der Waals surface area (Å²) in [5.74, 6) is -0.600. The molecule has 2 fully saturated rings. The number of rotatable bonds is 4. The van der Waals surface area contributed by atoms with Gasteiger partial charge >= 0.3 is 0 Å². The molecule has 3 rings (SSSR count). The molecule has 1 aromatic heterocycles.